The Kier molecular flexibility index (Phi) is 4.73. The van der Waals surface area contributed by atoms with Crippen LogP contribution in [0.1, 0.15) is 33.8 Å². The highest BCUT2D eigenvalue weighted by Gasteiger charge is 2.29. The zero-order chi connectivity index (χ0) is 18.3. The first kappa shape index (κ1) is 17.5. The number of halogens is 1. The first-order valence-corrected chi connectivity index (χ1v) is 9.98. The summed E-state index contributed by atoms with van der Waals surface area (Å²) >= 11 is 7.48. The predicted molar refractivity (Wildman–Crippen MR) is 106 cm³/mol. The maximum absolute atomic E-state index is 12.9. The summed E-state index contributed by atoms with van der Waals surface area (Å²) in [6.45, 7) is 3.97. The molecular formula is C19H21ClN4OS. The largest absolute Gasteiger partial charge is 0.334 e. The number of fused-ring (bicyclic) bond motifs is 1. The summed E-state index contributed by atoms with van der Waals surface area (Å²) in [4.78, 5) is 16.7. The summed E-state index contributed by atoms with van der Waals surface area (Å²) in [5, 5.41) is 6.42. The molecule has 3 aromatic rings. The van der Waals surface area contributed by atoms with Crippen molar-refractivity contribution in [3.8, 4) is 0 Å². The Hall–Kier alpha value is -1.89. The van der Waals surface area contributed by atoms with Crippen LogP contribution in [0.5, 0.6) is 0 Å². The van der Waals surface area contributed by atoms with Gasteiger partial charge in [-0.1, -0.05) is 23.7 Å². The molecule has 26 heavy (non-hydrogen) atoms. The Balaban J connectivity index is 1.65. The zero-order valence-electron chi connectivity index (χ0n) is 14.6. The van der Waals surface area contributed by atoms with Crippen molar-refractivity contribution in [1.29, 1.82) is 0 Å². The van der Waals surface area contributed by atoms with E-state index in [2.05, 4.69) is 5.10 Å². The number of likely N-dealkylation sites (tertiary alicyclic amines) is 1. The highest BCUT2D eigenvalue weighted by atomic mass is 35.5. The van der Waals surface area contributed by atoms with E-state index in [0.29, 0.717) is 13.1 Å². The average molecular weight is 389 g/mol. The number of thiophene rings is 1. The Bertz CT molecular complexity index is 947. The predicted octanol–water partition coefficient (Wildman–Crippen LogP) is 3.67. The van der Waals surface area contributed by atoms with Crippen LogP contribution in [0.3, 0.4) is 0 Å². The minimum absolute atomic E-state index is 0.0941. The van der Waals surface area contributed by atoms with Gasteiger partial charge in [0.05, 0.1) is 17.1 Å². The van der Waals surface area contributed by atoms with Crippen molar-refractivity contribution in [1.82, 2.24) is 14.7 Å². The van der Waals surface area contributed by atoms with E-state index in [0.717, 1.165) is 50.8 Å². The molecule has 1 fully saturated rings. The summed E-state index contributed by atoms with van der Waals surface area (Å²) in [7, 11) is 0. The lowest BCUT2D eigenvalue weighted by molar-refractivity contribution is 0.0746. The summed E-state index contributed by atoms with van der Waals surface area (Å²) in [6, 6.07) is 9.92. The van der Waals surface area contributed by atoms with E-state index in [-0.39, 0.29) is 11.9 Å². The van der Waals surface area contributed by atoms with Gasteiger partial charge in [0.25, 0.3) is 5.91 Å². The second kappa shape index (κ2) is 7.02. The number of hydrogen-bond donors (Lipinski definition) is 1. The van der Waals surface area contributed by atoms with Crippen molar-refractivity contribution in [2.75, 3.05) is 13.1 Å². The van der Waals surface area contributed by atoms with Gasteiger partial charge in [-0.2, -0.15) is 5.10 Å². The number of amides is 1. The van der Waals surface area contributed by atoms with Gasteiger partial charge in [0.1, 0.15) is 4.83 Å². The molecule has 136 valence electrons. The Morgan fingerprint density at radius 1 is 1.38 bits per heavy atom. The first-order chi connectivity index (χ1) is 12.6. The average Bonchev–Trinajstić information content (AvgIpc) is 3.34. The van der Waals surface area contributed by atoms with Crippen LogP contribution < -0.4 is 5.73 Å². The second-order valence-electron chi connectivity index (χ2n) is 6.73. The van der Waals surface area contributed by atoms with Crippen LogP contribution in [0.4, 0.5) is 0 Å². The number of rotatable bonds is 4. The van der Waals surface area contributed by atoms with Gasteiger partial charge >= 0.3 is 0 Å². The monoisotopic (exact) mass is 388 g/mol. The molecule has 3 heterocycles. The van der Waals surface area contributed by atoms with Gasteiger partial charge in [-0.3, -0.25) is 9.48 Å². The molecule has 0 aliphatic carbocycles. The van der Waals surface area contributed by atoms with E-state index in [1.54, 1.807) is 0 Å². The molecule has 2 aromatic heterocycles. The third-order valence-electron chi connectivity index (χ3n) is 4.97. The first-order valence-electron chi connectivity index (χ1n) is 8.79. The van der Waals surface area contributed by atoms with Gasteiger partial charge < -0.3 is 10.6 Å². The lowest BCUT2D eigenvalue weighted by Gasteiger charge is -2.22. The van der Waals surface area contributed by atoms with Gasteiger partial charge in [-0.25, -0.2) is 0 Å². The van der Waals surface area contributed by atoms with E-state index < -0.39 is 0 Å². The quantitative estimate of drug-likeness (QED) is 0.741. The van der Waals surface area contributed by atoms with E-state index >= 15 is 0 Å². The fraction of sp³-hybridized carbons (Fsp3) is 0.368. The second-order valence-corrected chi connectivity index (χ2v) is 8.20. The van der Waals surface area contributed by atoms with Crippen molar-refractivity contribution in [2.45, 2.75) is 32.4 Å². The molecule has 1 aromatic carbocycles. The fourth-order valence-corrected chi connectivity index (χ4v) is 4.82. The molecule has 7 heteroatoms. The van der Waals surface area contributed by atoms with Crippen LogP contribution >= 0.6 is 22.9 Å². The van der Waals surface area contributed by atoms with Crippen LogP contribution in [0.15, 0.2) is 30.3 Å². The van der Waals surface area contributed by atoms with Gasteiger partial charge in [-0.05, 0) is 43.5 Å². The lowest BCUT2D eigenvalue weighted by Crippen LogP contribution is -2.39. The number of carbonyl (C=O) groups is 1. The molecule has 4 rings (SSSR count). The summed E-state index contributed by atoms with van der Waals surface area (Å²) in [5.41, 5.74) is 7.90. The standard InChI is InChI=1S/C19H21ClN4OS/c1-12-16-9-17(18(25)23-8-2-3-15(23)10-21)26-19(16)24(22-12)11-13-4-6-14(20)7-5-13/h4-7,9,15H,2-3,8,10-11,21H2,1H3. The molecule has 1 aliphatic heterocycles. The highest BCUT2D eigenvalue weighted by molar-refractivity contribution is 7.20. The van der Waals surface area contributed by atoms with E-state index in [1.165, 1.54) is 11.3 Å². The zero-order valence-corrected chi connectivity index (χ0v) is 16.2. The third kappa shape index (κ3) is 3.13. The number of nitrogens with two attached hydrogens (primary N) is 1. The Morgan fingerprint density at radius 2 is 2.15 bits per heavy atom. The normalized spacial score (nSPS) is 17.3. The van der Waals surface area contributed by atoms with E-state index in [4.69, 9.17) is 17.3 Å². The smallest absolute Gasteiger partial charge is 0.264 e. The minimum Gasteiger partial charge on any atom is -0.334 e. The fourth-order valence-electron chi connectivity index (χ4n) is 3.58. The molecule has 2 N–H and O–H groups in total. The number of hydrogen-bond acceptors (Lipinski definition) is 4. The third-order valence-corrected chi connectivity index (χ3v) is 6.36. The summed E-state index contributed by atoms with van der Waals surface area (Å²) in [5.74, 6) is 0.0941. The molecule has 1 aliphatic rings. The van der Waals surface area contributed by atoms with Crippen molar-refractivity contribution in [3.63, 3.8) is 0 Å². The molecule has 0 saturated carbocycles. The lowest BCUT2D eigenvalue weighted by atomic mass is 10.2. The number of carbonyl (C=O) groups excluding carboxylic acids is 1. The molecular weight excluding hydrogens is 368 g/mol. The SMILES string of the molecule is Cc1nn(Cc2ccc(Cl)cc2)c2sc(C(=O)N3CCCC3CN)cc12. The highest BCUT2D eigenvalue weighted by Crippen LogP contribution is 2.31. The van der Waals surface area contributed by atoms with E-state index in [9.17, 15) is 4.79 Å². The van der Waals surface area contributed by atoms with Gasteiger partial charge in [0.2, 0.25) is 0 Å². The van der Waals surface area contributed by atoms with Crippen LogP contribution in [-0.2, 0) is 6.54 Å². The van der Waals surface area contributed by atoms with Crippen LogP contribution in [0, 0.1) is 6.92 Å². The molecule has 1 saturated heterocycles. The molecule has 1 atom stereocenters. The maximum Gasteiger partial charge on any atom is 0.264 e. The van der Waals surface area contributed by atoms with Gasteiger partial charge in [0.15, 0.2) is 0 Å². The molecule has 0 spiro atoms. The maximum atomic E-state index is 12.9. The molecule has 1 unspecified atom stereocenters. The van der Waals surface area contributed by atoms with E-state index in [1.807, 2.05) is 46.8 Å². The topological polar surface area (TPSA) is 64.2 Å². The Labute approximate surface area is 161 Å². The van der Waals surface area contributed by atoms with Crippen LogP contribution in [0.2, 0.25) is 5.02 Å². The van der Waals surface area contributed by atoms with Crippen molar-refractivity contribution >= 4 is 39.1 Å². The molecule has 0 radical (unpaired) electrons. The number of aryl methyl sites for hydroxylation is 1. The summed E-state index contributed by atoms with van der Waals surface area (Å²) in [6.07, 6.45) is 2.03. The minimum atomic E-state index is 0.0941. The van der Waals surface area contributed by atoms with Gasteiger partial charge in [-0.15, -0.1) is 11.3 Å². The Morgan fingerprint density at radius 3 is 2.88 bits per heavy atom. The number of aromatic nitrogens is 2. The van der Waals surface area contributed by atoms with Crippen LogP contribution in [-0.4, -0.2) is 39.7 Å². The van der Waals surface area contributed by atoms with Crippen LogP contribution in [0.25, 0.3) is 10.2 Å². The summed E-state index contributed by atoms with van der Waals surface area (Å²) < 4.78 is 1.97. The van der Waals surface area contributed by atoms with Gasteiger partial charge in [0, 0.05) is 29.5 Å². The van der Waals surface area contributed by atoms with Crippen molar-refractivity contribution < 1.29 is 4.79 Å². The van der Waals surface area contributed by atoms with Crippen molar-refractivity contribution in [2.24, 2.45) is 5.73 Å². The number of benzene rings is 1. The number of nitrogens with zero attached hydrogens (tertiary/aromatic N) is 3. The van der Waals surface area contributed by atoms with Crippen molar-refractivity contribution in [3.05, 3.63) is 51.5 Å². The molecule has 1 amide bonds. The molecule has 5 nitrogen and oxygen atoms in total. The molecule has 0 bridgehead atoms.